The van der Waals surface area contributed by atoms with Gasteiger partial charge in [0.1, 0.15) is 0 Å². The van der Waals surface area contributed by atoms with E-state index in [9.17, 15) is 9.59 Å². The second-order valence-electron chi connectivity index (χ2n) is 3.60. The normalized spacial score (nSPS) is 16.9. The summed E-state index contributed by atoms with van der Waals surface area (Å²) in [6, 6.07) is 6.26. The Labute approximate surface area is 95.9 Å². The Morgan fingerprint density at radius 1 is 1.06 bits per heavy atom. The SMILES string of the molecule is N#Cc1ccc2c(c1)C(=O)C1=C(OCO1)C2=O. The maximum absolute atomic E-state index is 12.0. The molecule has 0 N–H and O–H groups in total. The van der Waals surface area contributed by atoms with Gasteiger partial charge in [-0.25, -0.2) is 0 Å². The molecule has 1 aromatic carbocycles. The van der Waals surface area contributed by atoms with Crippen LogP contribution in [0.5, 0.6) is 0 Å². The molecule has 0 unspecified atom stereocenters. The third-order valence-electron chi connectivity index (χ3n) is 2.66. The number of hydrogen-bond donors (Lipinski definition) is 0. The molecule has 5 nitrogen and oxygen atoms in total. The van der Waals surface area contributed by atoms with Crippen LogP contribution < -0.4 is 0 Å². The third-order valence-corrected chi connectivity index (χ3v) is 2.66. The van der Waals surface area contributed by atoms with Gasteiger partial charge in [-0.05, 0) is 18.2 Å². The molecule has 5 heteroatoms. The lowest BCUT2D eigenvalue weighted by molar-refractivity contribution is 0.0601. The van der Waals surface area contributed by atoms with Crippen molar-refractivity contribution in [3.05, 3.63) is 46.4 Å². The fourth-order valence-electron chi connectivity index (χ4n) is 1.86. The summed E-state index contributed by atoms with van der Waals surface area (Å²) in [6.45, 7) is -0.124. The van der Waals surface area contributed by atoms with Crippen molar-refractivity contribution >= 4 is 11.6 Å². The lowest BCUT2D eigenvalue weighted by Gasteiger charge is -2.12. The monoisotopic (exact) mass is 227 g/mol. The van der Waals surface area contributed by atoms with Crippen molar-refractivity contribution in [3.63, 3.8) is 0 Å². The number of rotatable bonds is 0. The van der Waals surface area contributed by atoms with Crippen LogP contribution in [-0.4, -0.2) is 18.4 Å². The Morgan fingerprint density at radius 2 is 1.71 bits per heavy atom. The minimum atomic E-state index is -0.413. The van der Waals surface area contributed by atoms with E-state index in [0.29, 0.717) is 5.56 Å². The molecule has 0 bridgehead atoms. The highest BCUT2D eigenvalue weighted by molar-refractivity contribution is 6.25. The molecule has 0 atom stereocenters. The zero-order chi connectivity index (χ0) is 12.0. The van der Waals surface area contributed by atoms with Crippen LogP contribution in [0.25, 0.3) is 0 Å². The molecule has 1 aliphatic carbocycles. The number of hydrogen-bond acceptors (Lipinski definition) is 5. The van der Waals surface area contributed by atoms with Gasteiger partial charge in [-0.3, -0.25) is 9.59 Å². The number of ether oxygens (including phenoxy) is 2. The molecule has 1 aliphatic heterocycles. The molecule has 17 heavy (non-hydrogen) atoms. The average molecular weight is 227 g/mol. The molecule has 2 aliphatic rings. The van der Waals surface area contributed by atoms with Crippen LogP contribution in [0.2, 0.25) is 0 Å². The number of carbonyl (C=O) groups is 2. The predicted octanol–water partition coefficient (Wildman–Crippen LogP) is 1.15. The Morgan fingerprint density at radius 3 is 2.35 bits per heavy atom. The molecule has 1 heterocycles. The summed E-state index contributed by atoms with van der Waals surface area (Å²) in [5.41, 5.74) is 0.768. The standard InChI is InChI=1S/C12H5NO4/c13-4-6-1-2-7-8(3-6)10(15)12-11(9(7)14)16-5-17-12/h1-3H,5H2. The Kier molecular flexibility index (Phi) is 1.80. The first kappa shape index (κ1) is 9.60. The molecule has 0 radical (unpaired) electrons. The van der Waals surface area contributed by atoms with E-state index >= 15 is 0 Å². The summed E-state index contributed by atoms with van der Waals surface area (Å²) in [5, 5.41) is 8.76. The van der Waals surface area contributed by atoms with Gasteiger partial charge in [-0.2, -0.15) is 5.26 Å². The summed E-state index contributed by atoms with van der Waals surface area (Å²) in [6.07, 6.45) is 0. The van der Waals surface area contributed by atoms with Crippen molar-refractivity contribution in [1.82, 2.24) is 0 Å². The molecule has 0 saturated carbocycles. The van der Waals surface area contributed by atoms with E-state index in [1.165, 1.54) is 18.2 Å². The lowest BCUT2D eigenvalue weighted by atomic mass is 9.91. The largest absolute Gasteiger partial charge is 0.449 e. The van der Waals surface area contributed by atoms with Crippen LogP contribution >= 0.6 is 0 Å². The minimum Gasteiger partial charge on any atom is -0.449 e. The van der Waals surface area contributed by atoms with Crippen molar-refractivity contribution in [2.75, 3.05) is 6.79 Å². The summed E-state index contributed by atoms with van der Waals surface area (Å²) in [5.74, 6) is -0.884. The van der Waals surface area contributed by atoms with Gasteiger partial charge in [-0.1, -0.05) is 0 Å². The van der Waals surface area contributed by atoms with E-state index in [0.717, 1.165) is 0 Å². The molecular formula is C12H5NO4. The van der Waals surface area contributed by atoms with Gasteiger partial charge in [0, 0.05) is 11.1 Å². The van der Waals surface area contributed by atoms with Crippen LogP contribution in [0.4, 0.5) is 0 Å². The number of allylic oxidation sites excluding steroid dienone is 2. The van der Waals surface area contributed by atoms with Crippen LogP contribution in [0.15, 0.2) is 29.7 Å². The Bertz CT molecular complexity index is 636. The van der Waals surface area contributed by atoms with Crippen LogP contribution in [-0.2, 0) is 9.47 Å². The topological polar surface area (TPSA) is 76.4 Å². The van der Waals surface area contributed by atoms with Crippen molar-refractivity contribution in [2.24, 2.45) is 0 Å². The lowest BCUT2D eigenvalue weighted by Crippen LogP contribution is -2.20. The first-order valence-corrected chi connectivity index (χ1v) is 4.86. The summed E-state index contributed by atoms with van der Waals surface area (Å²) in [7, 11) is 0. The van der Waals surface area contributed by atoms with E-state index in [1.807, 2.05) is 6.07 Å². The van der Waals surface area contributed by atoms with Gasteiger partial charge in [0.2, 0.25) is 29.9 Å². The first-order chi connectivity index (χ1) is 8.22. The van der Waals surface area contributed by atoms with Gasteiger partial charge in [-0.15, -0.1) is 0 Å². The Hall–Kier alpha value is -2.61. The number of Topliss-reactive ketones (excluding diaryl/α,β-unsaturated/α-hetero) is 2. The highest BCUT2D eigenvalue weighted by Crippen LogP contribution is 2.31. The fraction of sp³-hybridized carbons (Fsp3) is 0.0833. The molecule has 0 aromatic heterocycles. The van der Waals surface area contributed by atoms with Gasteiger partial charge >= 0.3 is 0 Å². The molecule has 0 saturated heterocycles. The van der Waals surface area contributed by atoms with Gasteiger partial charge < -0.3 is 9.47 Å². The predicted molar refractivity (Wildman–Crippen MR) is 53.9 cm³/mol. The smallest absolute Gasteiger partial charge is 0.232 e. The maximum Gasteiger partial charge on any atom is 0.232 e. The summed E-state index contributed by atoms with van der Waals surface area (Å²) >= 11 is 0. The highest BCUT2D eigenvalue weighted by Gasteiger charge is 2.38. The van der Waals surface area contributed by atoms with E-state index in [2.05, 4.69) is 0 Å². The number of ketones is 2. The van der Waals surface area contributed by atoms with Gasteiger partial charge in [0.25, 0.3) is 0 Å². The average Bonchev–Trinajstić information content (AvgIpc) is 2.85. The van der Waals surface area contributed by atoms with E-state index in [4.69, 9.17) is 14.7 Å². The second-order valence-corrected chi connectivity index (χ2v) is 3.60. The minimum absolute atomic E-state index is 0.0350. The summed E-state index contributed by atoms with van der Waals surface area (Å²) < 4.78 is 9.95. The summed E-state index contributed by atoms with van der Waals surface area (Å²) in [4.78, 5) is 23.9. The zero-order valence-electron chi connectivity index (χ0n) is 8.52. The van der Waals surface area contributed by atoms with Gasteiger partial charge in [0.05, 0.1) is 11.6 Å². The van der Waals surface area contributed by atoms with Crippen LogP contribution in [0, 0.1) is 11.3 Å². The van der Waals surface area contributed by atoms with E-state index < -0.39 is 5.78 Å². The van der Waals surface area contributed by atoms with Crippen LogP contribution in [0.1, 0.15) is 26.3 Å². The second kappa shape index (κ2) is 3.19. The van der Waals surface area contributed by atoms with Crippen molar-refractivity contribution in [1.29, 1.82) is 5.26 Å². The fourth-order valence-corrected chi connectivity index (χ4v) is 1.86. The number of nitrogens with zero attached hydrogens (tertiary/aromatic N) is 1. The number of fused-ring (bicyclic) bond motifs is 1. The van der Waals surface area contributed by atoms with E-state index in [-0.39, 0.29) is 35.2 Å². The molecule has 3 rings (SSSR count). The van der Waals surface area contributed by atoms with Crippen molar-refractivity contribution < 1.29 is 19.1 Å². The first-order valence-electron chi connectivity index (χ1n) is 4.86. The quantitative estimate of drug-likeness (QED) is 0.664. The third kappa shape index (κ3) is 1.18. The van der Waals surface area contributed by atoms with Crippen LogP contribution in [0.3, 0.4) is 0 Å². The molecule has 0 fully saturated rings. The number of benzene rings is 1. The molecule has 1 aromatic rings. The van der Waals surface area contributed by atoms with Gasteiger partial charge in [0.15, 0.2) is 0 Å². The molecular weight excluding hydrogens is 222 g/mol. The highest BCUT2D eigenvalue weighted by atomic mass is 16.7. The van der Waals surface area contributed by atoms with Crippen molar-refractivity contribution in [3.8, 4) is 6.07 Å². The van der Waals surface area contributed by atoms with E-state index in [1.54, 1.807) is 0 Å². The zero-order valence-corrected chi connectivity index (χ0v) is 8.52. The Balaban J connectivity index is 2.24. The van der Waals surface area contributed by atoms with Crippen molar-refractivity contribution in [2.45, 2.75) is 0 Å². The number of nitriles is 1. The molecule has 0 amide bonds. The maximum atomic E-state index is 12.0. The molecule has 0 spiro atoms. The molecule has 82 valence electrons. The number of carbonyl (C=O) groups excluding carboxylic acids is 2.